The van der Waals surface area contributed by atoms with E-state index < -0.39 is 0 Å². The highest BCUT2D eigenvalue weighted by molar-refractivity contribution is 9.10. The van der Waals surface area contributed by atoms with Crippen molar-refractivity contribution >= 4 is 37.6 Å². The standard InChI is InChI=1S/C10H10Br2O/c11-7-1-2-10(13)8-3-5-9(12)6-4-8/h3-6H,1-2,7H2. The van der Waals surface area contributed by atoms with Crippen LogP contribution in [0.2, 0.25) is 0 Å². The summed E-state index contributed by atoms with van der Waals surface area (Å²) < 4.78 is 1.00. The third kappa shape index (κ3) is 3.61. The van der Waals surface area contributed by atoms with E-state index in [2.05, 4.69) is 31.9 Å². The van der Waals surface area contributed by atoms with Gasteiger partial charge in [-0.15, -0.1) is 0 Å². The van der Waals surface area contributed by atoms with Crippen LogP contribution in [0.5, 0.6) is 0 Å². The molecular weight excluding hydrogens is 296 g/mol. The van der Waals surface area contributed by atoms with E-state index in [0.717, 1.165) is 21.8 Å². The fourth-order valence-corrected chi connectivity index (χ4v) is 1.55. The van der Waals surface area contributed by atoms with E-state index in [-0.39, 0.29) is 5.78 Å². The lowest BCUT2D eigenvalue weighted by Gasteiger charge is -1.99. The molecule has 0 atom stereocenters. The molecule has 0 amide bonds. The third-order valence-corrected chi connectivity index (χ3v) is 2.79. The number of carbonyl (C=O) groups excluding carboxylic acids is 1. The zero-order valence-electron chi connectivity index (χ0n) is 7.09. The lowest BCUT2D eigenvalue weighted by Crippen LogP contribution is -1.98. The molecule has 1 nitrogen and oxygen atoms in total. The summed E-state index contributed by atoms with van der Waals surface area (Å²) >= 11 is 6.63. The molecule has 0 aliphatic heterocycles. The summed E-state index contributed by atoms with van der Waals surface area (Å²) in [5, 5.41) is 0.884. The quantitative estimate of drug-likeness (QED) is 0.611. The number of ketones is 1. The predicted molar refractivity (Wildman–Crippen MR) is 61.5 cm³/mol. The number of rotatable bonds is 4. The Hall–Kier alpha value is -0.150. The maximum Gasteiger partial charge on any atom is 0.162 e. The van der Waals surface area contributed by atoms with Crippen LogP contribution in [0.25, 0.3) is 0 Å². The summed E-state index contributed by atoms with van der Waals surface area (Å²) in [7, 11) is 0. The molecule has 0 heterocycles. The Labute approximate surface area is 94.8 Å². The summed E-state index contributed by atoms with van der Waals surface area (Å²) in [5.74, 6) is 0.215. The Morgan fingerprint density at radius 3 is 2.38 bits per heavy atom. The van der Waals surface area contributed by atoms with Crippen LogP contribution in [0, 0.1) is 0 Å². The normalized spacial score (nSPS) is 10.0. The monoisotopic (exact) mass is 304 g/mol. The number of Topliss-reactive ketones (excluding diaryl/α,β-unsaturated/α-hetero) is 1. The van der Waals surface area contributed by atoms with Crippen molar-refractivity contribution in [3.8, 4) is 0 Å². The molecule has 0 aliphatic carbocycles. The van der Waals surface area contributed by atoms with Gasteiger partial charge in [-0.05, 0) is 18.6 Å². The van der Waals surface area contributed by atoms with E-state index in [1.165, 1.54) is 0 Å². The molecule has 0 unspecified atom stereocenters. The molecule has 0 spiro atoms. The molecule has 0 aromatic heterocycles. The fraction of sp³-hybridized carbons (Fsp3) is 0.300. The van der Waals surface area contributed by atoms with Gasteiger partial charge in [0.1, 0.15) is 0 Å². The Balaban J connectivity index is 2.61. The van der Waals surface area contributed by atoms with Crippen LogP contribution in [-0.4, -0.2) is 11.1 Å². The molecule has 0 radical (unpaired) electrons. The topological polar surface area (TPSA) is 17.1 Å². The first-order valence-corrected chi connectivity index (χ1v) is 6.00. The van der Waals surface area contributed by atoms with Gasteiger partial charge >= 0.3 is 0 Å². The number of halogens is 2. The largest absolute Gasteiger partial charge is 0.294 e. The van der Waals surface area contributed by atoms with Crippen molar-refractivity contribution in [2.75, 3.05) is 5.33 Å². The lowest BCUT2D eigenvalue weighted by atomic mass is 10.1. The molecule has 1 aromatic carbocycles. The summed E-state index contributed by atoms with van der Waals surface area (Å²) in [6, 6.07) is 7.48. The second-order valence-corrected chi connectivity index (χ2v) is 4.43. The molecule has 70 valence electrons. The average Bonchev–Trinajstić information content (AvgIpc) is 2.15. The van der Waals surface area contributed by atoms with Crippen molar-refractivity contribution in [2.24, 2.45) is 0 Å². The second kappa shape index (κ2) is 5.55. The number of alkyl halides is 1. The van der Waals surface area contributed by atoms with Gasteiger partial charge in [0.2, 0.25) is 0 Å². The van der Waals surface area contributed by atoms with E-state index in [1.54, 1.807) is 0 Å². The van der Waals surface area contributed by atoms with Crippen molar-refractivity contribution < 1.29 is 4.79 Å². The maximum absolute atomic E-state index is 11.5. The summed E-state index contributed by atoms with van der Waals surface area (Å²) in [6.45, 7) is 0. The van der Waals surface area contributed by atoms with Crippen molar-refractivity contribution in [3.63, 3.8) is 0 Å². The molecule has 0 saturated heterocycles. The number of benzene rings is 1. The number of carbonyl (C=O) groups is 1. The summed E-state index contributed by atoms with van der Waals surface area (Å²) in [6.07, 6.45) is 1.52. The molecule has 0 fully saturated rings. The van der Waals surface area contributed by atoms with Gasteiger partial charge in [-0.3, -0.25) is 4.79 Å². The first-order chi connectivity index (χ1) is 6.24. The third-order valence-electron chi connectivity index (χ3n) is 1.70. The molecule has 13 heavy (non-hydrogen) atoms. The van der Waals surface area contributed by atoms with Crippen molar-refractivity contribution in [3.05, 3.63) is 34.3 Å². The van der Waals surface area contributed by atoms with Gasteiger partial charge < -0.3 is 0 Å². The van der Waals surface area contributed by atoms with Crippen LogP contribution in [-0.2, 0) is 0 Å². The molecule has 0 aliphatic rings. The van der Waals surface area contributed by atoms with Crippen LogP contribution < -0.4 is 0 Å². The van der Waals surface area contributed by atoms with Crippen LogP contribution in [0.15, 0.2) is 28.7 Å². The van der Waals surface area contributed by atoms with E-state index in [0.29, 0.717) is 6.42 Å². The van der Waals surface area contributed by atoms with E-state index in [4.69, 9.17) is 0 Å². The summed E-state index contributed by atoms with van der Waals surface area (Å²) in [5.41, 5.74) is 0.796. The zero-order chi connectivity index (χ0) is 9.68. The fourth-order valence-electron chi connectivity index (χ4n) is 1.01. The van der Waals surface area contributed by atoms with Crippen LogP contribution >= 0.6 is 31.9 Å². The smallest absolute Gasteiger partial charge is 0.162 e. The summed E-state index contributed by atoms with van der Waals surface area (Å²) in [4.78, 5) is 11.5. The first-order valence-electron chi connectivity index (χ1n) is 4.09. The Kier molecular flexibility index (Phi) is 4.67. The van der Waals surface area contributed by atoms with Gasteiger partial charge in [0.25, 0.3) is 0 Å². The zero-order valence-corrected chi connectivity index (χ0v) is 10.3. The van der Waals surface area contributed by atoms with Gasteiger partial charge in [0, 0.05) is 21.8 Å². The van der Waals surface area contributed by atoms with Gasteiger partial charge in [-0.25, -0.2) is 0 Å². The Morgan fingerprint density at radius 1 is 1.23 bits per heavy atom. The van der Waals surface area contributed by atoms with Crippen LogP contribution in [0.1, 0.15) is 23.2 Å². The number of hydrogen-bond donors (Lipinski definition) is 0. The van der Waals surface area contributed by atoms with E-state index in [1.807, 2.05) is 24.3 Å². The van der Waals surface area contributed by atoms with E-state index >= 15 is 0 Å². The molecule has 1 rings (SSSR count). The van der Waals surface area contributed by atoms with Gasteiger partial charge in [0.15, 0.2) is 5.78 Å². The van der Waals surface area contributed by atoms with Gasteiger partial charge in [-0.2, -0.15) is 0 Å². The molecule has 1 aromatic rings. The minimum Gasteiger partial charge on any atom is -0.294 e. The van der Waals surface area contributed by atoms with Crippen LogP contribution in [0.4, 0.5) is 0 Å². The number of hydrogen-bond acceptors (Lipinski definition) is 1. The van der Waals surface area contributed by atoms with Crippen molar-refractivity contribution in [1.82, 2.24) is 0 Å². The van der Waals surface area contributed by atoms with Gasteiger partial charge in [-0.1, -0.05) is 44.0 Å². The molecule has 0 N–H and O–H groups in total. The molecule has 0 saturated carbocycles. The average molecular weight is 306 g/mol. The van der Waals surface area contributed by atoms with Crippen molar-refractivity contribution in [2.45, 2.75) is 12.8 Å². The second-order valence-electron chi connectivity index (χ2n) is 2.72. The maximum atomic E-state index is 11.5. The SMILES string of the molecule is O=C(CCCBr)c1ccc(Br)cc1. The lowest BCUT2D eigenvalue weighted by molar-refractivity contribution is 0.0982. The molecule has 3 heteroatoms. The highest BCUT2D eigenvalue weighted by atomic mass is 79.9. The Morgan fingerprint density at radius 2 is 1.85 bits per heavy atom. The molecular formula is C10H10Br2O. The van der Waals surface area contributed by atoms with Crippen LogP contribution in [0.3, 0.4) is 0 Å². The minimum atomic E-state index is 0.215. The Bertz CT molecular complexity index is 279. The highest BCUT2D eigenvalue weighted by Gasteiger charge is 2.03. The van der Waals surface area contributed by atoms with Gasteiger partial charge in [0.05, 0.1) is 0 Å². The van der Waals surface area contributed by atoms with E-state index in [9.17, 15) is 4.79 Å². The highest BCUT2D eigenvalue weighted by Crippen LogP contribution is 2.12. The predicted octanol–water partition coefficient (Wildman–Crippen LogP) is 3.81. The minimum absolute atomic E-state index is 0.215. The molecule has 0 bridgehead atoms. The first kappa shape index (κ1) is 10.9. The van der Waals surface area contributed by atoms with Crippen molar-refractivity contribution in [1.29, 1.82) is 0 Å².